The first-order valence-electron chi connectivity index (χ1n) is 12.1. The molecule has 0 aromatic rings. The molecule has 0 amide bonds. The number of rotatable bonds is 7. The van der Waals surface area contributed by atoms with E-state index in [2.05, 4.69) is 6.92 Å². The topological polar surface area (TPSA) is 123 Å². The number of esters is 2. The Morgan fingerprint density at radius 1 is 1.32 bits per heavy atom. The van der Waals surface area contributed by atoms with Crippen LogP contribution >= 0.6 is 0 Å². The Morgan fingerprint density at radius 3 is 2.56 bits per heavy atom. The van der Waals surface area contributed by atoms with Gasteiger partial charge in [0.05, 0.1) is 24.2 Å². The second kappa shape index (κ2) is 9.37. The lowest BCUT2D eigenvalue weighted by molar-refractivity contribution is -0.306. The first kappa shape index (κ1) is 26.9. The number of fused-ring (bicyclic) bond motifs is 1. The van der Waals surface area contributed by atoms with Gasteiger partial charge in [0.1, 0.15) is 11.7 Å². The van der Waals surface area contributed by atoms with Crippen molar-refractivity contribution in [1.29, 1.82) is 0 Å². The number of ether oxygens (including phenoxy) is 2. The number of aliphatic hydroxyl groups is 2. The van der Waals surface area contributed by atoms with Gasteiger partial charge in [0.25, 0.3) is 0 Å². The van der Waals surface area contributed by atoms with E-state index in [0.29, 0.717) is 19.3 Å². The smallest absolute Gasteiger partial charge is 0.331 e. The average Bonchev–Trinajstić information content (AvgIpc) is 3.07. The van der Waals surface area contributed by atoms with Gasteiger partial charge in [-0.3, -0.25) is 10.1 Å². The van der Waals surface area contributed by atoms with Gasteiger partial charge in [0.2, 0.25) is 0 Å². The molecule has 0 bridgehead atoms. The zero-order valence-electron chi connectivity index (χ0n) is 21.2. The molecule has 1 aliphatic heterocycles. The summed E-state index contributed by atoms with van der Waals surface area (Å²) >= 11 is 0. The number of methoxy groups -OCH3 is 1. The molecule has 0 unspecified atom stereocenters. The van der Waals surface area contributed by atoms with Gasteiger partial charge in [-0.1, -0.05) is 13.3 Å². The summed E-state index contributed by atoms with van der Waals surface area (Å²) in [5.41, 5.74) is -2.84. The Bertz CT molecular complexity index is 863. The van der Waals surface area contributed by atoms with Gasteiger partial charge in [-0.05, 0) is 82.4 Å². The number of carbonyl (C=O) groups is 2. The van der Waals surface area contributed by atoms with Crippen LogP contribution in [0.1, 0.15) is 73.1 Å². The van der Waals surface area contributed by atoms with E-state index < -0.39 is 40.2 Å². The first-order chi connectivity index (χ1) is 15.7. The Morgan fingerprint density at radius 2 is 2.00 bits per heavy atom. The number of aliphatic hydroxyl groups excluding tert-OH is 1. The van der Waals surface area contributed by atoms with Gasteiger partial charge in [0.15, 0.2) is 0 Å². The highest BCUT2D eigenvalue weighted by Gasteiger charge is 2.64. The molecule has 1 heterocycles. The average molecular weight is 481 g/mol. The summed E-state index contributed by atoms with van der Waals surface area (Å²) < 4.78 is 10.4. The van der Waals surface area contributed by atoms with Crippen LogP contribution in [0.5, 0.6) is 0 Å². The van der Waals surface area contributed by atoms with Crippen LogP contribution < -0.4 is 0 Å². The molecular weight excluding hydrogens is 440 g/mol. The predicted molar refractivity (Wildman–Crippen MR) is 124 cm³/mol. The SMILES string of the molecule is COC(=O)[C@]1(C)CCC[C@@]2(C)[C@H]1[C@@H](O)C[C@@](C)(O)[C@@H]2CC[C@](C)(/C=C/[C@@H]1OC(=O)C=C1C)OO. The normalized spacial score (nSPS) is 42.0. The largest absolute Gasteiger partial charge is 0.469 e. The first-order valence-corrected chi connectivity index (χ1v) is 12.1. The third-order valence-electron chi connectivity index (χ3n) is 8.81. The minimum atomic E-state index is -1.17. The lowest BCUT2D eigenvalue weighted by atomic mass is 9.43. The van der Waals surface area contributed by atoms with Crippen LogP contribution in [0.3, 0.4) is 0 Å². The summed E-state index contributed by atoms with van der Waals surface area (Å²) in [6.45, 7) is 9.18. The van der Waals surface area contributed by atoms with Gasteiger partial charge >= 0.3 is 11.9 Å². The maximum absolute atomic E-state index is 12.8. The fourth-order valence-corrected chi connectivity index (χ4v) is 7.22. The van der Waals surface area contributed by atoms with Crippen molar-refractivity contribution in [3.63, 3.8) is 0 Å². The molecule has 0 aromatic heterocycles. The van der Waals surface area contributed by atoms with Crippen molar-refractivity contribution in [3.8, 4) is 0 Å². The van der Waals surface area contributed by atoms with Crippen molar-refractivity contribution in [3.05, 3.63) is 23.8 Å². The fraction of sp³-hybridized carbons (Fsp3) is 0.769. The molecule has 192 valence electrons. The van der Waals surface area contributed by atoms with Crippen LogP contribution in [0.25, 0.3) is 0 Å². The van der Waals surface area contributed by atoms with Gasteiger partial charge in [-0.25, -0.2) is 9.68 Å². The Balaban J connectivity index is 1.86. The van der Waals surface area contributed by atoms with Gasteiger partial charge in [-0.2, -0.15) is 0 Å². The van der Waals surface area contributed by atoms with Crippen LogP contribution in [0.15, 0.2) is 23.8 Å². The Kier molecular flexibility index (Phi) is 7.40. The predicted octanol–water partition coefficient (Wildman–Crippen LogP) is 3.56. The van der Waals surface area contributed by atoms with E-state index in [1.807, 2.05) is 6.92 Å². The summed E-state index contributed by atoms with van der Waals surface area (Å²) in [6, 6.07) is 0. The maximum Gasteiger partial charge on any atom is 0.331 e. The lowest BCUT2D eigenvalue weighted by Crippen LogP contribution is -2.64. The van der Waals surface area contributed by atoms with E-state index in [1.54, 1.807) is 32.9 Å². The number of hydrogen-bond acceptors (Lipinski definition) is 8. The molecule has 3 N–H and O–H groups in total. The molecule has 3 aliphatic rings. The second-order valence-corrected chi connectivity index (χ2v) is 11.5. The van der Waals surface area contributed by atoms with Crippen molar-refractivity contribution >= 4 is 11.9 Å². The van der Waals surface area contributed by atoms with Gasteiger partial charge in [0, 0.05) is 18.4 Å². The minimum Gasteiger partial charge on any atom is -0.469 e. The molecule has 8 nitrogen and oxygen atoms in total. The number of hydrogen-bond donors (Lipinski definition) is 3. The highest BCUT2D eigenvalue weighted by atomic mass is 17.1. The highest BCUT2D eigenvalue weighted by molar-refractivity contribution is 5.86. The highest BCUT2D eigenvalue weighted by Crippen LogP contribution is 2.63. The molecule has 0 saturated heterocycles. The zero-order chi connectivity index (χ0) is 25.5. The molecular formula is C26H40O8. The van der Waals surface area contributed by atoms with Gasteiger partial charge < -0.3 is 19.7 Å². The Hall–Kier alpha value is -1.74. The van der Waals surface area contributed by atoms with E-state index in [4.69, 9.17) is 14.4 Å². The molecule has 0 radical (unpaired) electrons. The zero-order valence-corrected chi connectivity index (χ0v) is 21.2. The molecule has 8 heteroatoms. The summed E-state index contributed by atoms with van der Waals surface area (Å²) in [4.78, 5) is 29.2. The third-order valence-corrected chi connectivity index (χ3v) is 8.81. The van der Waals surface area contributed by atoms with E-state index in [1.165, 1.54) is 13.2 Å². The molecule has 2 fully saturated rings. The Labute approximate surface area is 201 Å². The van der Waals surface area contributed by atoms with Crippen LogP contribution in [-0.4, -0.2) is 57.9 Å². The minimum absolute atomic E-state index is 0.152. The van der Waals surface area contributed by atoms with Gasteiger partial charge in [-0.15, -0.1) is 0 Å². The van der Waals surface area contributed by atoms with E-state index in [9.17, 15) is 25.1 Å². The fourth-order valence-electron chi connectivity index (χ4n) is 7.22. The lowest BCUT2D eigenvalue weighted by Gasteiger charge is -2.62. The molecule has 0 aromatic carbocycles. The molecule has 2 saturated carbocycles. The third kappa shape index (κ3) is 4.70. The quantitative estimate of drug-likeness (QED) is 0.219. The summed E-state index contributed by atoms with van der Waals surface area (Å²) in [7, 11) is 1.37. The van der Waals surface area contributed by atoms with Crippen LogP contribution in [-0.2, 0) is 24.0 Å². The molecule has 34 heavy (non-hydrogen) atoms. The van der Waals surface area contributed by atoms with Crippen molar-refractivity contribution in [2.45, 2.75) is 96.6 Å². The van der Waals surface area contributed by atoms with Crippen molar-refractivity contribution in [2.24, 2.45) is 22.7 Å². The molecule has 8 atom stereocenters. The van der Waals surface area contributed by atoms with Crippen molar-refractivity contribution in [2.75, 3.05) is 7.11 Å². The van der Waals surface area contributed by atoms with Crippen LogP contribution in [0.2, 0.25) is 0 Å². The van der Waals surface area contributed by atoms with Crippen LogP contribution in [0, 0.1) is 22.7 Å². The van der Waals surface area contributed by atoms with Crippen molar-refractivity contribution < 1.29 is 39.4 Å². The summed E-state index contributed by atoms with van der Waals surface area (Å²) in [5, 5.41) is 32.3. The van der Waals surface area contributed by atoms with E-state index in [0.717, 1.165) is 18.4 Å². The molecule has 3 rings (SSSR count). The van der Waals surface area contributed by atoms with Crippen LogP contribution in [0.4, 0.5) is 0 Å². The molecule has 0 spiro atoms. The second-order valence-electron chi connectivity index (χ2n) is 11.5. The van der Waals surface area contributed by atoms with E-state index >= 15 is 0 Å². The maximum atomic E-state index is 12.8. The monoisotopic (exact) mass is 480 g/mol. The number of cyclic esters (lactones) is 1. The molecule has 2 aliphatic carbocycles. The summed E-state index contributed by atoms with van der Waals surface area (Å²) in [6.07, 6.45) is 6.64. The van der Waals surface area contributed by atoms with Crippen molar-refractivity contribution in [1.82, 2.24) is 0 Å². The van der Waals surface area contributed by atoms with E-state index in [-0.39, 0.29) is 24.2 Å². The summed E-state index contributed by atoms with van der Waals surface area (Å²) in [5.74, 6) is -1.36. The number of carbonyl (C=O) groups excluding carboxylic acids is 2. The standard InChI is InChI=1S/C26H40O8/c1-16-14-20(28)33-18(16)8-12-23(2,34-31)13-9-19-24(3)10-7-11-25(4,22(29)32-6)21(24)17(27)15-26(19,5)30/h8,12,14,17-19,21,27,30-31H,7,9-11,13,15H2,1-6H3/b12-8+/t17-,18-,19+,21+,23-,24+,25+,26+/m0/s1.